The van der Waals surface area contributed by atoms with E-state index in [1.807, 2.05) is 13.8 Å². The lowest BCUT2D eigenvalue weighted by molar-refractivity contribution is -0.179. The molecule has 0 radical (unpaired) electrons. The van der Waals surface area contributed by atoms with Gasteiger partial charge in [0.05, 0.1) is 17.7 Å². The average molecular weight is 272 g/mol. The van der Waals surface area contributed by atoms with Crippen molar-refractivity contribution in [1.29, 1.82) is 5.26 Å². The fourth-order valence-corrected chi connectivity index (χ4v) is 2.95. The molecule has 2 heterocycles. The zero-order valence-electron chi connectivity index (χ0n) is 11.7. The van der Waals surface area contributed by atoms with E-state index in [0.29, 0.717) is 11.3 Å². The normalized spacial score (nSPS) is 27.1. The third-order valence-corrected chi connectivity index (χ3v) is 4.00. The van der Waals surface area contributed by atoms with Crippen LogP contribution in [0.15, 0.2) is 18.2 Å². The Hall–Kier alpha value is -2.06. The molecule has 5 nitrogen and oxygen atoms in total. The molecule has 3 rings (SSSR count). The van der Waals surface area contributed by atoms with Crippen molar-refractivity contribution in [3.63, 3.8) is 0 Å². The molecule has 1 amide bonds. The summed E-state index contributed by atoms with van der Waals surface area (Å²) in [5, 5.41) is 9.05. The Morgan fingerprint density at radius 1 is 1.45 bits per heavy atom. The first-order chi connectivity index (χ1) is 9.44. The Labute approximate surface area is 117 Å². The smallest absolute Gasteiger partial charge is 0.248 e. The van der Waals surface area contributed by atoms with Gasteiger partial charge in [-0.15, -0.1) is 0 Å². The number of carbonyl (C=O) groups excluding carboxylic acids is 1. The van der Waals surface area contributed by atoms with E-state index in [1.165, 1.54) is 0 Å². The highest BCUT2D eigenvalue weighted by Gasteiger charge is 2.50. The molecule has 1 aromatic carbocycles. The van der Waals surface area contributed by atoms with Crippen molar-refractivity contribution in [3.8, 4) is 11.8 Å². The van der Waals surface area contributed by atoms with Crippen LogP contribution in [0.1, 0.15) is 31.0 Å². The molecule has 104 valence electrons. The predicted octanol–water partition coefficient (Wildman–Crippen LogP) is 1.63. The van der Waals surface area contributed by atoms with Crippen molar-refractivity contribution in [3.05, 3.63) is 29.3 Å². The van der Waals surface area contributed by atoms with Gasteiger partial charge in [-0.1, -0.05) is 0 Å². The standard InChI is InChI=1S/C15H16N2O3/c1-15(2)14-13(17(3)12(18)8-19-14)10-6-9(7-16)4-5-11(10)20-15/h4-6,13-14H,8H2,1-3H3/t13-,14+/m1/s1. The zero-order chi connectivity index (χ0) is 14.5. The lowest BCUT2D eigenvalue weighted by Gasteiger charge is -2.49. The topological polar surface area (TPSA) is 62.6 Å². The number of nitrogens with zero attached hydrogens (tertiary/aromatic N) is 2. The van der Waals surface area contributed by atoms with Crippen molar-refractivity contribution in [1.82, 2.24) is 4.90 Å². The van der Waals surface area contributed by atoms with Gasteiger partial charge < -0.3 is 14.4 Å². The van der Waals surface area contributed by atoms with Gasteiger partial charge in [-0.25, -0.2) is 0 Å². The Morgan fingerprint density at radius 2 is 2.20 bits per heavy atom. The minimum absolute atomic E-state index is 0.0581. The van der Waals surface area contributed by atoms with Crippen molar-refractivity contribution < 1.29 is 14.3 Å². The van der Waals surface area contributed by atoms with E-state index < -0.39 is 5.60 Å². The number of fused-ring (bicyclic) bond motifs is 3. The van der Waals surface area contributed by atoms with Gasteiger partial charge >= 0.3 is 0 Å². The number of likely N-dealkylation sites (N-methyl/N-ethyl adjacent to an activating group) is 1. The van der Waals surface area contributed by atoms with Gasteiger partial charge in [0, 0.05) is 12.6 Å². The lowest BCUT2D eigenvalue weighted by atomic mass is 9.84. The van der Waals surface area contributed by atoms with Crippen LogP contribution >= 0.6 is 0 Å². The van der Waals surface area contributed by atoms with E-state index in [4.69, 9.17) is 14.7 Å². The first kappa shape index (κ1) is 12.9. The summed E-state index contributed by atoms with van der Waals surface area (Å²) in [7, 11) is 1.77. The molecule has 20 heavy (non-hydrogen) atoms. The molecule has 2 aliphatic heterocycles. The van der Waals surface area contributed by atoms with Crippen LogP contribution in [0.3, 0.4) is 0 Å². The van der Waals surface area contributed by atoms with Gasteiger partial charge in [-0.05, 0) is 32.0 Å². The Morgan fingerprint density at radius 3 is 2.90 bits per heavy atom. The number of rotatable bonds is 0. The van der Waals surface area contributed by atoms with Gasteiger partial charge in [0.1, 0.15) is 24.1 Å². The van der Waals surface area contributed by atoms with Crippen molar-refractivity contribution in [2.24, 2.45) is 0 Å². The van der Waals surface area contributed by atoms with Crippen LogP contribution in [-0.2, 0) is 9.53 Å². The molecule has 0 aliphatic carbocycles. The second-order valence-electron chi connectivity index (χ2n) is 5.75. The monoisotopic (exact) mass is 272 g/mol. The molecular formula is C15H16N2O3. The van der Waals surface area contributed by atoms with Crippen LogP contribution in [0.5, 0.6) is 5.75 Å². The Balaban J connectivity index is 2.16. The van der Waals surface area contributed by atoms with Gasteiger partial charge in [0.2, 0.25) is 5.91 Å². The van der Waals surface area contributed by atoms with E-state index in [1.54, 1.807) is 30.1 Å². The quantitative estimate of drug-likeness (QED) is 0.720. The first-order valence-corrected chi connectivity index (χ1v) is 6.54. The number of amides is 1. The van der Waals surface area contributed by atoms with Crippen LogP contribution in [0, 0.1) is 11.3 Å². The number of nitriles is 1. The molecular weight excluding hydrogens is 256 g/mol. The van der Waals surface area contributed by atoms with E-state index in [0.717, 1.165) is 5.56 Å². The number of carbonyl (C=O) groups is 1. The van der Waals surface area contributed by atoms with Gasteiger partial charge in [-0.3, -0.25) is 4.79 Å². The molecule has 0 saturated carbocycles. The van der Waals surface area contributed by atoms with E-state index in [9.17, 15) is 4.79 Å². The maximum atomic E-state index is 11.9. The van der Waals surface area contributed by atoms with Gasteiger partial charge in [0.15, 0.2) is 0 Å². The van der Waals surface area contributed by atoms with E-state index in [-0.39, 0.29) is 24.7 Å². The fraction of sp³-hybridized carbons (Fsp3) is 0.467. The molecule has 1 fully saturated rings. The van der Waals surface area contributed by atoms with Crippen LogP contribution in [-0.4, -0.2) is 36.2 Å². The van der Waals surface area contributed by atoms with Gasteiger partial charge in [0.25, 0.3) is 0 Å². The third kappa shape index (κ3) is 1.76. The Kier molecular flexibility index (Phi) is 2.73. The minimum atomic E-state index is -0.527. The number of hydrogen-bond acceptors (Lipinski definition) is 4. The summed E-state index contributed by atoms with van der Waals surface area (Å²) in [4.78, 5) is 13.6. The van der Waals surface area contributed by atoms with Crippen LogP contribution < -0.4 is 4.74 Å². The number of hydrogen-bond donors (Lipinski definition) is 0. The molecule has 0 N–H and O–H groups in total. The molecule has 0 aromatic heterocycles. The van der Waals surface area contributed by atoms with Crippen molar-refractivity contribution >= 4 is 5.91 Å². The van der Waals surface area contributed by atoms with Crippen LogP contribution in [0.2, 0.25) is 0 Å². The first-order valence-electron chi connectivity index (χ1n) is 6.54. The number of benzene rings is 1. The SMILES string of the molecule is CN1C(=O)CO[C@H]2[C@H]1c1cc(C#N)ccc1OC2(C)C. The molecule has 0 unspecified atom stereocenters. The summed E-state index contributed by atoms with van der Waals surface area (Å²) < 4.78 is 11.7. The second-order valence-corrected chi connectivity index (χ2v) is 5.75. The summed E-state index contributed by atoms with van der Waals surface area (Å²) in [6.07, 6.45) is -0.244. The second kappa shape index (κ2) is 4.22. The highest BCUT2D eigenvalue weighted by atomic mass is 16.6. The largest absolute Gasteiger partial charge is 0.485 e. The average Bonchev–Trinajstić information content (AvgIpc) is 2.41. The fourth-order valence-electron chi connectivity index (χ4n) is 2.95. The predicted molar refractivity (Wildman–Crippen MR) is 71.1 cm³/mol. The summed E-state index contributed by atoms with van der Waals surface area (Å²) in [6.45, 7) is 3.97. The van der Waals surface area contributed by atoms with Gasteiger partial charge in [-0.2, -0.15) is 5.26 Å². The van der Waals surface area contributed by atoms with Crippen molar-refractivity contribution in [2.45, 2.75) is 31.6 Å². The third-order valence-electron chi connectivity index (χ3n) is 4.00. The molecule has 5 heteroatoms. The van der Waals surface area contributed by atoms with Crippen molar-refractivity contribution in [2.75, 3.05) is 13.7 Å². The molecule has 1 saturated heterocycles. The lowest BCUT2D eigenvalue weighted by Crippen LogP contribution is -2.59. The van der Waals surface area contributed by atoms with E-state index in [2.05, 4.69) is 6.07 Å². The van der Waals surface area contributed by atoms with Crippen LogP contribution in [0.4, 0.5) is 0 Å². The summed E-state index contributed by atoms with van der Waals surface area (Å²) in [6, 6.07) is 7.19. The highest BCUT2D eigenvalue weighted by molar-refractivity contribution is 5.79. The van der Waals surface area contributed by atoms with Crippen LogP contribution in [0.25, 0.3) is 0 Å². The molecule has 0 bridgehead atoms. The summed E-state index contributed by atoms with van der Waals surface area (Å²) >= 11 is 0. The number of morpholine rings is 1. The molecule has 2 aliphatic rings. The maximum absolute atomic E-state index is 11.9. The molecule has 0 spiro atoms. The maximum Gasteiger partial charge on any atom is 0.248 e. The molecule has 2 atom stereocenters. The molecule has 1 aromatic rings. The summed E-state index contributed by atoms with van der Waals surface area (Å²) in [5.41, 5.74) is 0.863. The highest BCUT2D eigenvalue weighted by Crippen LogP contribution is 2.45. The van der Waals surface area contributed by atoms with E-state index >= 15 is 0 Å². The minimum Gasteiger partial charge on any atom is -0.485 e. The number of ether oxygens (including phenoxy) is 2. The zero-order valence-corrected chi connectivity index (χ0v) is 11.7. The Bertz CT molecular complexity index is 618. The summed E-state index contributed by atoms with van der Waals surface area (Å²) in [5.74, 6) is 0.651.